The molecule has 13 heteroatoms. The summed E-state index contributed by atoms with van der Waals surface area (Å²) in [6.07, 6.45) is 0. The normalized spacial score (nSPS) is 20.3. The van der Waals surface area contributed by atoms with Gasteiger partial charge < -0.3 is 5.32 Å². The molecule has 0 aromatic rings. The van der Waals surface area contributed by atoms with Crippen molar-refractivity contribution < 1.29 is 26.5 Å². The Hall–Kier alpha value is -0.830. The number of hydrogen-bond acceptors (Lipinski definition) is 7. The quantitative estimate of drug-likeness (QED) is 0.384. The van der Waals surface area contributed by atoms with E-state index in [9.17, 15) is 21.6 Å². The van der Waals surface area contributed by atoms with Crippen LogP contribution in [0.15, 0.2) is 0 Å². The molecule has 1 rings (SSSR count). The van der Waals surface area contributed by atoms with E-state index in [1.807, 2.05) is 0 Å². The Balaban J connectivity index is 2.60. The first-order chi connectivity index (χ1) is 11.7. The fourth-order valence-corrected chi connectivity index (χ4v) is 4.09. The van der Waals surface area contributed by atoms with Crippen molar-refractivity contribution in [2.75, 3.05) is 46.0 Å². The first kappa shape index (κ1) is 23.2. The average Bonchev–Trinajstić information content (AvgIpc) is 2.51. The Labute approximate surface area is 155 Å². The summed E-state index contributed by atoms with van der Waals surface area (Å²) in [6, 6.07) is -0.751. The molecule has 1 amide bonds. The zero-order valence-corrected chi connectivity index (χ0v) is 17.4. The van der Waals surface area contributed by atoms with Crippen molar-refractivity contribution in [3.63, 3.8) is 0 Å². The van der Waals surface area contributed by atoms with Gasteiger partial charge in [0.1, 0.15) is 6.04 Å². The summed E-state index contributed by atoms with van der Waals surface area (Å²) < 4.78 is 52.4. The van der Waals surface area contributed by atoms with Gasteiger partial charge in [-0.15, -0.1) is 0 Å². The van der Waals surface area contributed by atoms with Gasteiger partial charge in [-0.2, -0.15) is 17.0 Å². The van der Waals surface area contributed by atoms with Gasteiger partial charge in [-0.25, -0.2) is 18.6 Å². The van der Waals surface area contributed by atoms with E-state index in [1.54, 1.807) is 20.8 Å². The molecule has 154 valence electrons. The van der Waals surface area contributed by atoms with Crippen molar-refractivity contribution in [3.05, 3.63) is 0 Å². The molecule has 1 heterocycles. The molecule has 0 aliphatic carbocycles. The number of amides is 1. The zero-order valence-electron chi connectivity index (χ0n) is 15.8. The average molecular weight is 416 g/mol. The molecule has 0 aromatic heterocycles. The Morgan fingerprint density at radius 1 is 1.27 bits per heavy atom. The minimum Gasteiger partial charge on any atom is -0.303 e. The van der Waals surface area contributed by atoms with E-state index in [4.69, 9.17) is 4.84 Å². The summed E-state index contributed by atoms with van der Waals surface area (Å²) >= 11 is 0. The van der Waals surface area contributed by atoms with Gasteiger partial charge in [-0.1, -0.05) is 0 Å². The number of hydrogen-bond donors (Lipinski definition) is 3. The number of piperazine rings is 1. The van der Waals surface area contributed by atoms with Crippen LogP contribution in [0.25, 0.3) is 0 Å². The monoisotopic (exact) mass is 415 g/mol. The Bertz CT molecular complexity index is 686. The summed E-state index contributed by atoms with van der Waals surface area (Å²) in [6.45, 7) is 5.51. The van der Waals surface area contributed by atoms with Crippen LogP contribution in [0.5, 0.6) is 0 Å². The Morgan fingerprint density at radius 2 is 1.88 bits per heavy atom. The van der Waals surface area contributed by atoms with Crippen LogP contribution in [0.3, 0.4) is 0 Å². The van der Waals surface area contributed by atoms with Gasteiger partial charge in [0.05, 0.1) is 11.4 Å². The molecule has 3 N–H and O–H groups in total. The smallest absolute Gasteiger partial charge is 0.278 e. The fourth-order valence-electron chi connectivity index (χ4n) is 1.98. The maximum atomic E-state index is 12.4. The van der Waals surface area contributed by atoms with Crippen LogP contribution in [0.2, 0.25) is 0 Å². The molecular formula is C13H29N5O6S2. The van der Waals surface area contributed by atoms with Crippen molar-refractivity contribution >= 4 is 26.1 Å². The van der Waals surface area contributed by atoms with Crippen molar-refractivity contribution in [2.45, 2.75) is 32.4 Å². The Morgan fingerprint density at radius 3 is 2.42 bits per heavy atom. The fraction of sp³-hybridized carbons (Fsp3) is 0.923. The first-order valence-corrected chi connectivity index (χ1v) is 11.2. The SMILES string of the molecule is CN(C)S(=O)(=O)NCCS(=O)(=O)N1CCNC(C(=O)NOC(C)(C)C)C1. The second-order valence-electron chi connectivity index (χ2n) is 7.04. The standard InChI is InChI=1S/C13H29N5O6S2/c1-13(2,3)24-16-12(19)11-10-18(8-6-14-11)25(20,21)9-7-15-26(22,23)17(4)5/h11,14-15H,6-10H2,1-5H3,(H,16,19). The van der Waals surface area contributed by atoms with Crippen LogP contribution in [0.1, 0.15) is 20.8 Å². The lowest BCUT2D eigenvalue weighted by atomic mass is 10.2. The molecule has 11 nitrogen and oxygen atoms in total. The molecule has 1 atom stereocenters. The first-order valence-electron chi connectivity index (χ1n) is 8.11. The van der Waals surface area contributed by atoms with Crippen LogP contribution in [-0.2, 0) is 29.9 Å². The minimum absolute atomic E-state index is 0.0535. The molecule has 0 saturated carbocycles. The summed E-state index contributed by atoms with van der Waals surface area (Å²) in [5.74, 6) is -0.861. The molecule has 0 aromatic carbocycles. The van der Waals surface area contributed by atoms with Crippen LogP contribution in [0.4, 0.5) is 0 Å². The number of nitrogens with one attached hydrogen (secondary N) is 3. The maximum absolute atomic E-state index is 12.4. The van der Waals surface area contributed by atoms with E-state index in [2.05, 4.69) is 15.5 Å². The van der Waals surface area contributed by atoms with E-state index in [0.29, 0.717) is 6.54 Å². The lowest BCUT2D eigenvalue weighted by Crippen LogP contribution is -2.59. The third-order valence-electron chi connectivity index (χ3n) is 3.43. The van der Waals surface area contributed by atoms with Crippen LogP contribution >= 0.6 is 0 Å². The second-order valence-corrected chi connectivity index (χ2v) is 11.1. The topological polar surface area (TPSA) is 137 Å². The van der Waals surface area contributed by atoms with Crippen molar-refractivity contribution in [2.24, 2.45) is 0 Å². The molecule has 1 unspecified atom stereocenters. The van der Waals surface area contributed by atoms with E-state index in [0.717, 1.165) is 4.31 Å². The van der Waals surface area contributed by atoms with Crippen molar-refractivity contribution in [1.82, 2.24) is 24.1 Å². The van der Waals surface area contributed by atoms with Gasteiger partial charge in [0, 0.05) is 40.3 Å². The number of sulfonamides is 1. The lowest BCUT2D eigenvalue weighted by molar-refractivity contribution is -0.148. The summed E-state index contributed by atoms with van der Waals surface area (Å²) in [5, 5.41) is 2.94. The van der Waals surface area contributed by atoms with E-state index < -0.39 is 43.5 Å². The molecule has 1 aliphatic rings. The molecular weight excluding hydrogens is 386 g/mol. The predicted octanol–water partition coefficient (Wildman–Crippen LogP) is -2.17. The van der Waals surface area contributed by atoms with Gasteiger partial charge in [0.25, 0.3) is 16.1 Å². The number of nitrogens with zero attached hydrogens (tertiary/aromatic N) is 2. The van der Waals surface area contributed by atoms with Crippen molar-refractivity contribution in [3.8, 4) is 0 Å². The highest BCUT2D eigenvalue weighted by Crippen LogP contribution is 2.08. The highest BCUT2D eigenvalue weighted by atomic mass is 32.2. The molecule has 1 aliphatic heterocycles. The van der Waals surface area contributed by atoms with E-state index >= 15 is 0 Å². The number of rotatable bonds is 8. The summed E-state index contributed by atoms with van der Waals surface area (Å²) in [5.41, 5.74) is 1.75. The predicted molar refractivity (Wildman–Crippen MR) is 96.7 cm³/mol. The highest BCUT2D eigenvalue weighted by molar-refractivity contribution is 7.89. The maximum Gasteiger partial charge on any atom is 0.278 e. The number of carbonyl (C=O) groups is 1. The lowest BCUT2D eigenvalue weighted by Gasteiger charge is -2.32. The van der Waals surface area contributed by atoms with Gasteiger partial charge in [0.15, 0.2) is 0 Å². The largest absolute Gasteiger partial charge is 0.303 e. The second kappa shape index (κ2) is 8.91. The third-order valence-corrected chi connectivity index (χ3v) is 6.80. The van der Waals surface area contributed by atoms with Gasteiger partial charge in [0.2, 0.25) is 10.0 Å². The summed E-state index contributed by atoms with van der Waals surface area (Å²) in [4.78, 5) is 17.3. The molecule has 26 heavy (non-hydrogen) atoms. The molecule has 1 saturated heterocycles. The third kappa shape index (κ3) is 7.42. The molecule has 0 bridgehead atoms. The zero-order chi connectivity index (χ0) is 20.2. The summed E-state index contributed by atoms with van der Waals surface area (Å²) in [7, 11) is -4.72. The molecule has 1 fully saturated rings. The molecule has 0 radical (unpaired) electrons. The number of carbonyl (C=O) groups excluding carboxylic acids is 1. The van der Waals surface area contributed by atoms with E-state index in [-0.39, 0.29) is 19.6 Å². The molecule has 0 spiro atoms. The number of hydroxylamine groups is 1. The van der Waals surface area contributed by atoms with E-state index in [1.165, 1.54) is 18.4 Å². The highest BCUT2D eigenvalue weighted by Gasteiger charge is 2.32. The van der Waals surface area contributed by atoms with Crippen LogP contribution in [0, 0.1) is 0 Å². The minimum atomic E-state index is -3.71. The van der Waals surface area contributed by atoms with Gasteiger partial charge in [-0.05, 0) is 20.8 Å². The van der Waals surface area contributed by atoms with Gasteiger partial charge in [-0.3, -0.25) is 9.63 Å². The van der Waals surface area contributed by atoms with Crippen LogP contribution in [-0.4, -0.2) is 89.0 Å². The van der Waals surface area contributed by atoms with Crippen LogP contribution < -0.4 is 15.5 Å². The van der Waals surface area contributed by atoms with Crippen molar-refractivity contribution in [1.29, 1.82) is 0 Å². The Kier molecular flexibility index (Phi) is 7.95. The van der Waals surface area contributed by atoms with Gasteiger partial charge >= 0.3 is 0 Å².